The maximum Gasteiger partial charge on any atom is 0.255 e. The molecule has 0 radical (unpaired) electrons. The first-order chi connectivity index (χ1) is 14.5. The van der Waals surface area contributed by atoms with Gasteiger partial charge < -0.3 is 10.6 Å². The van der Waals surface area contributed by atoms with Crippen LogP contribution in [0.4, 0.5) is 4.39 Å². The minimum absolute atomic E-state index is 0.241. The highest BCUT2D eigenvalue weighted by atomic mass is 35.5. The van der Waals surface area contributed by atoms with Crippen molar-refractivity contribution in [1.29, 1.82) is 0 Å². The molecule has 3 aromatic rings. The van der Waals surface area contributed by atoms with Crippen molar-refractivity contribution in [3.8, 4) is 0 Å². The second-order valence-electron chi connectivity index (χ2n) is 7.17. The van der Waals surface area contributed by atoms with Gasteiger partial charge in [0.15, 0.2) is 0 Å². The van der Waals surface area contributed by atoms with Crippen LogP contribution in [0.15, 0.2) is 67.0 Å². The van der Waals surface area contributed by atoms with Crippen LogP contribution in [0.25, 0.3) is 0 Å². The number of nitrogens with zero attached hydrogens (tertiary/aromatic N) is 2. The Hall–Kier alpha value is -3.25. The largest absolute Gasteiger partial charge is 0.368 e. The molecule has 0 spiro atoms. The number of benzene rings is 2. The van der Waals surface area contributed by atoms with Crippen LogP contribution in [0.3, 0.4) is 0 Å². The Kier molecular flexibility index (Phi) is 5.50. The number of primary amides is 1. The zero-order valence-electron chi connectivity index (χ0n) is 16.0. The Morgan fingerprint density at radius 3 is 2.50 bits per heavy atom. The van der Waals surface area contributed by atoms with Crippen LogP contribution in [0, 0.1) is 5.82 Å². The average Bonchev–Trinajstić information content (AvgIpc) is 3.16. The molecular formula is C23H19ClFN3O2. The van der Waals surface area contributed by atoms with Crippen molar-refractivity contribution in [2.75, 3.05) is 0 Å². The predicted octanol–water partition coefficient (Wildman–Crippen LogP) is 4.23. The summed E-state index contributed by atoms with van der Waals surface area (Å²) < 4.78 is 14.5. The van der Waals surface area contributed by atoms with E-state index in [9.17, 15) is 14.0 Å². The summed E-state index contributed by atoms with van der Waals surface area (Å²) in [4.78, 5) is 31.6. The van der Waals surface area contributed by atoms with E-state index >= 15 is 0 Å². The van der Waals surface area contributed by atoms with E-state index < -0.39 is 23.8 Å². The molecule has 2 N–H and O–H groups in total. The molecule has 5 nitrogen and oxygen atoms in total. The molecule has 152 valence electrons. The smallest absolute Gasteiger partial charge is 0.255 e. The maximum absolute atomic E-state index is 14.5. The van der Waals surface area contributed by atoms with E-state index in [1.165, 1.54) is 23.4 Å². The minimum atomic E-state index is -1.04. The van der Waals surface area contributed by atoms with Gasteiger partial charge >= 0.3 is 0 Å². The van der Waals surface area contributed by atoms with Gasteiger partial charge in [-0.2, -0.15) is 0 Å². The van der Waals surface area contributed by atoms with Gasteiger partial charge in [0.2, 0.25) is 5.91 Å². The zero-order valence-corrected chi connectivity index (χ0v) is 16.7. The molecule has 1 aliphatic rings. The lowest BCUT2D eigenvalue weighted by Gasteiger charge is -2.36. The molecule has 0 saturated heterocycles. The van der Waals surface area contributed by atoms with Crippen molar-refractivity contribution in [3.05, 3.63) is 100 Å². The predicted molar refractivity (Wildman–Crippen MR) is 111 cm³/mol. The number of hydrogen-bond acceptors (Lipinski definition) is 3. The summed E-state index contributed by atoms with van der Waals surface area (Å²) in [5.41, 5.74) is 7.84. The highest BCUT2D eigenvalue weighted by Gasteiger charge is 2.40. The quantitative estimate of drug-likeness (QED) is 0.667. The summed E-state index contributed by atoms with van der Waals surface area (Å²) >= 11 is 6.11. The van der Waals surface area contributed by atoms with E-state index in [2.05, 4.69) is 4.98 Å². The third-order valence-corrected chi connectivity index (χ3v) is 5.60. The first-order valence-corrected chi connectivity index (χ1v) is 9.90. The first kappa shape index (κ1) is 20.0. The molecule has 0 fully saturated rings. The van der Waals surface area contributed by atoms with Crippen molar-refractivity contribution in [2.24, 2.45) is 5.73 Å². The Bertz CT molecular complexity index is 1090. The topological polar surface area (TPSA) is 76.3 Å². The van der Waals surface area contributed by atoms with E-state index in [-0.39, 0.29) is 10.9 Å². The lowest BCUT2D eigenvalue weighted by Crippen LogP contribution is -2.43. The van der Waals surface area contributed by atoms with Gasteiger partial charge in [-0.25, -0.2) is 4.39 Å². The van der Waals surface area contributed by atoms with Gasteiger partial charge in [0.05, 0.1) is 6.04 Å². The Labute approximate surface area is 178 Å². The fourth-order valence-electron chi connectivity index (χ4n) is 4.09. The third kappa shape index (κ3) is 3.66. The molecular weight excluding hydrogens is 405 g/mol. The fraction of sp³-hybridized carbons (Fsp3) is 0.174. The summed E-state index contributed by atoms with van der Waals surface area (Å²) in [5.74, 6) is -1.46. The fourth-order valence-corrected chi connectivity index (χ4v) is 4.30. The van der Waals surface area contributed by atoms with Gasteiger partial charge in [-0.3, -0.25) is 14.6 Å². The summed E-state index contributed by atoms with van der Waals surface area (Å²) in [6, 6.07) is 13.3. The zero-order chi connectivity index (χ0) is 21.3. The summed E-state index contributed by atoms with van der Waals surface area (Å²) in [5, 5.41) is 0.241. The van der Waals surface area contributed by atoms with Gasteiger partial charge in [0.25, 0.3) is 5.91 Å². The van der Waals surface area contributed by atoms with Crippen LogP contribution >= 0.6 is 11.6 Å². The van der Waals surface area contributed by atoms with Gasteiger partial charge in [0, 0.05) is 23.0 Å². The highest BCUT2D eigenvalue weighted by molar-refractivity contribution is 6.30. The van der Waals surface area contributed by atoms with Crippen LogP contribution < -0.4 is 5.73 Å². The highest BCUT2D eigenvalue weighted by Crippen LogP contribution is 2.43. The van der Waals surface area contributed by atoms with Gasteiger partial charge in [0.1, 0.15) is 11.9 Å². The molecule has 4 rings (SSSR count). The van der Waals surface area contributed by atoms with Crippen LogP contribution in [0.2, 0.25) is 5.02 Å². The summed E-state index contributed by atoms with van der Waals surface area (Å²) in [6.07, 6.45) is 3.97. The molecule has 30 heavy (non-hydrogen) atoms. The van der Waals surface area contributed by atoms with Gasteiger partial charge in [-0.15, -0.1) is 0 Å². The third-order valence-electron chi connectivity index (χ3n) is 5.38. The first-order valence-electron chi connectivity index (χ1n) is 9.52. The van der Waals surface area contributed by atoms with Crippen molar-refractivity contribution in [2.45, 2.75) is 24.9 Å². The monoisotopic (exact) mass is 423 g/mol. The van der Waals surface area contributed by atoms with E-state index in [0.29, 0.717) is 35.1 Å². The molecule has 2 amide bonds. The number of pyridine rings is 1. The van der Waals surface area contributed by atoms with E-state index in [4.69, 9.17) is 17.3 Å². The minimum Gasteiger partial charge on any atom is -0.368 e. The number of rotatable bonds is 5. The second-order valence-corrected chi connectivity index (χ2v) is 7.61. The molecule has 2 atom stereocenters. The Morgan fingerprint density at radius 1 is 1.13 bits per heavy atom. The Morgan fingerprint density at radius 2 is 1.83 bits per heavy atom. The van der Waals surface area contributed by atoms with Gasteiger partial charge in [-0.1, -0.05) is 29.8 Å². The number of halogens is 2. The number of nitrogens with two attached hydrogens (primary N) is 1. The second kappa shape index (κ2) is 8.24. The number of amides is 2. The van der Waals surface area contributed by atoms with Crippen molar-refractivity contribution < 1.29 is 14.0 Å². The SMILES string of the molecule is NC(=O)[C@@H](c1ccncc1)N(C(=O)c1ccccc1)[C@@H]1CCc2c(F)cc(Cl)cc21. The molecule has 0 aliphatic heterocycles. The Balaban J connectivity index is 1.88. The standard InChI is InChI=1S/C23H19ClFN3O2/c24-16-12-18-17(19(25)13-16)6-7-20(18)28(23(30)15-4-2-1-3-5-15)21(22(26)29)14-8-10-27-11-9-14/h1-5,8-13,20-21H,6-7H2,(H2,26,29)/t20-,21-/m1/s1. The molecule has 0 saturated carbocycles. The van der Waals surface area contributed by atoms with Crippen molar-refractivity contribution >= 4 is 23.4 Å². The lowest BCUT2D eigenvalue weighted by molar-refractivity contribution is -0.123. The van der Waals surface area contributed by atoms with Gasteiger partial charge in [-0.05, 0) is 65.9 Å². The van der Waals surface area contributed by atoms with Crippen LogP contribution in [-0.4, -0.2) is 21.7 Å². The summed E-state index contributed by atoms with van der Waals surface area (Å²) in [6.45, 7) is 0. The number of carbonyl (C=O) groups is 2. The van der Waals surface area contributed by atoms with Crippen molar-refractivity contribution in [1.82, 2.24) is 9.88 Å². The van der Waals surface area contributed by atoms with Crippen molar-refractivity contribution in [3.63, 3.8) is 0 Å². The number of carbonyl (C=O) groups excluding carboxylic acids is 2. The van der Waals surface area contributed by atoms with Crippen LogP contribution in [-0.2, 0) is 11.2 Å². The summed E-state index contributed by atoms with van der Waals surface area (Å²) in [7, 11) is 0. The number of aromatic nitrogens is 1. The molecule has 2 aromatic carbocycles. The molecule has 0 unspecified atom stereocenters. The molecule has 1 aliphatic carbocycles. The molecule has 7 heteroatoms. The maximum atomic E-state index is 14.5. The lowest BCUT2D eigenvalue weighted by atomic mass is 9.98. The molecule has 0 bridgehead atoms. The van der Waals surface area contributed by atoms with E-state index in [0.717, 1.165) is 0 Å². The van der Waals surface area contributed by atoms with Crippen LogP contribution in [0.5, 0.6) is 0 Å². The van der Waals surface area contributed by atoms with Crippen LogP contribution in [0.1, 0.15) is 45.6 Å². The normalized spacial score (nSPS) is 16.0. The average molecular weight is 424 g/mol. The molecule has 1 heterocycles. The molecule has 1 aromatic heterocycles. The number of hydrogen-bond donors (Lipinski definition) is 1. The van der Waals surface area contributed by atoms with E-state index in [1.54, 1.807) is 48.5 Å². The van der Waals surface area contributed by atoms with E-state index in [1.807, 2.05) is 0 Å². The number of fused-ring (bicyclic) bond motifs is 1.